The van der Waals surface area contributed by atoms with Crippen molar-refractivity contribution in [3.8, 4) is 11.5 Å². The molecule has 3 aromatic rings. The number of ether oxygens (including phenoxy) is 4. The molecule has 3 rings (SSSR count). The Balaban J connectivity index is 1.98. The number of carbonyl (C=O) groups excluding carboxylic acids is 2. The van der Waals surface area contributed by atoms with Gasteiger partial charge >= 0.3 is 11.9 Å². The van der Waals surface area contributed by atoms with E-state index in [2.05, 4.69) is 15.9 Å². The van der Waals surface area contributed by atoms with E-state index in [0.29, 0.717) is 24.7 Å². The lowest BCUT2D eigenvalue weighted by Crippen LogP contribution is -2.18. The van der Waals surface area contributed by atoms with Crippen LogP contribution in [0.25, 0.3) is 21.5 Å². The highest BCUT2D eigenvalue weighted by atomic mass is 79.9. The summed E-state index contributed by atoms with van der Waals surface area (Å²) in [6.45, 7) is 8.16. The standard InChI is InChI=1S/C26H29BrO6/c1-16(2)12-30-22(28)14-32-25-18-8-5-6-9-19(18)26(24-20(25)10-7-11-21(24)27)33-15-23(29)31-13-17(3)4/h5-11,16-17H,12-15H2,1-4H3. The van der Waals surface area contributed by atoms with Gasteiger partial charge in [0.2, 0.25) is 0 Å². The maximum Gasteiger partial charge on any atom is 0.344 e. The fourth-order valence-electron chi connectivity index (χ4n) is 3.27. The van der Waals surface area contributed by atoms with Crippen molar-refractivity contribution in [2.75, 3.05) is 26.4 Å². The second-order valence-corrected chi connectivity index (χ2v) is 9.45. The Labute approximate surface area is 202 Å². The van der Waals surface area contributed by atoms with Gasteiger partial charge in [0.15, 0.2) is 13.2 Å². The summed E-state index contributed by atoms with van der Waals surface area (Å²) < 4.78 is 23.3. The number of hydrogen-bond donors (Lipinski definition) is 0. The Bertz CT molecular complexity index is 1140. The van der Waals surface area contributed by atoms with Gasteiger partial charge in [0.25, 0.3) is 0 Å². The van der Waals surface area contributed by atoms with Crippen LogP contribution in [0.1, 0.15) is 27.7 Å². The van der Waals surface area contributed by atoms with E-state index in [-0.39, 0.29) is 25.0 Å². The third-order valence-corrected chi connectivity index (χ3v) is 5.39. The van der Waals surface area contributed by atoms with E-state index in [9.17, 15) is 9.59 Å². The summed E-state index contributed by atoms with van der Waals surface area (Å²) in [6, 6.07) is 13.2. The summed E-state index contributed by atoms with van der Waals surface area (Å²) in [4.78, 5) is 24.4. The average molecular weight is 517 g/mol. The SMILES string of the molecule is CC(C)COC(=O)COc1c2ccccc2c(OCC(=O)OCC(C)C)c2c(Br)cccc12. The third-order valence-electron chi connectivity index (χ3n) is 4.73. The van der Waals surface area contributed by atoms with Crippen molar-refractivity contribution >= 4 is 49.4 Å². The van der Waals surface area contributed by atoms with Crippen LogP contribution in [0.3, 0.4) is 0 Å². The summed E-state index contributed by atoms with van der Waals surface area (Å²) >= 11 is 3.60. The summed E-state index contributed by atoms with van der Waals surface area (Å²) in [5.41, 5.74) is 0. The molecule has 0 heterocycles. The second kappa shape index (κ2) is 11.4. The molecule has 0 aliphatic heterocycles. The molecule has 0 saturated carbocycles. The smallest absolute Gasteiger partial charge is 0.344 e. The van der Waals surface area contributed by atoms with Gasteiger partial charge in [0.1, 0.15) is 11.5 Å². The van der Waals surface area contributed by atoms with Crippen LogP contribution >= 0.6 is 15.9 Å². The van der Waals surface area contributed by atoms with Crippen LogP contribution in [0.2, 0.25) is 0 Å². The number of rotatable bonds is 10. The molecular weight excluding hydrogens is 488 g/mol. The van der Waals surface area contributed by atoms with Crippen LogP contribution in [0.15, 0.2) is 46.9 Å². The summed E-state index contributed by atoms with van der Waals surface area (Å²) in [5, 5.41) is 3.04. The van der Waals surface area contributed by atoms with E-state index in [1.54, 1.807) is 0 Å². The Morgan fingerprint density at radius 3 is 1.76 bits per heavy atom. The monoisotopic (exact) mass is 516 g/mol. The van der Waals surface area contributed by atoms with Crippen molar-refractivity contribution in [1.82, 2.24) is 0 Å². The summed E-state index contributed by atoms with van der Waals surface area (Å²) in [7, 11) is 0. The molecule has 33 heavy (non-hydrogen) atoms. The predicted octanol–water partition coefficient (Wildman–Crippen LogP) is 5.91. The minimum absolute atomic E-state index is 0.208. The van der Waals surface area contributed by atoms with E-state index >= 15 is 0 Å². The Morgan fingerprint density at radius 2 is 1.21 bits per heavy atom. The van der Waals surface area contributed by atoms with E-state index in [1.807, 2.05) is 70.2 Å². The first-order chi connectivity index (χ1) is 15.8. The Kier molecular flexibility index (Phi) is 8.55. The van der Waals surface area contributed by atoms with Crippen molar-refractivity contribution in [3.63, 3.8) is 0 Å². The van der Waals surface area contributed by atoms with E-state index in [4.69, 9.17) is 18.9 Å². The molecule has 0 bridgehead atoms. The molecule has 0 aromatic heterocycles. The molecule has 0 amide bonds. The predicted molar refractivity (Wildman–Crippen MR) is 132 cm³/mol. The maximum atomic E-state index is 12.2. The minimum atomic E-state index is -0.429. The normalized spacial score (nSPS) is 11.2. The topological polar surface area (TPSA) is 71.1 Å². The molecule has 0 atom stereocenters. The third kappa shape index (κ3) is 6.38. The van der Waals surface area contributed by atoms with Gasteiger partial charge in [-0.25, -0.2) is 9.59 Å². The van der Waals surface area contributed by atoms with Crippen LogP contribution in [-0.2, 0) is 19.1 Å². The fourth-order valence-corrected chi connectivity index (χ4v) is 3.82. The van der Waals surface area contributed by atoms with E-state index in [1.165, 1.54) is 0 Å². The number of halogens is 1. The van der Waals surface area contributed by atoms with Crippen molar-refractivity contribution in [2.24, 2.45) is 11.8 Å². The van der Waals surface area contributed by atoms with Gasteiger partial charge in [0, 0.05) is 26.0 Å². The van der Waals surface area contributed by atoms with Gasteiger partial charge < -0.3 is 18.9 Å². The lowest BCUT2D eigenvalue weighted by atomic mass is 10.0. The molecule has 0 spiro atoms. The fraction of sp³-hybridized carbons (Fsp3) is 0.385. The summed E-state index contributed by atoms with van der Waals surface area (Å²) in [5.74, 6) is 0.733. The van der Waals surface area contributed by atoms with Crippen LogP contribution in [0, 0.1) is 11.8 Å². The quantitative estimate of drug-likeness (QED) is 0.246. The van der Waals surface area contributed by atoms with Gasteiger partial charge in [-0.2, -0.15) is 0 Å². The molecule has 0 unspecified atom stereocenters. The van der Waals surface area contributed by atoms with E-state index < -0.39 is 11.9 Å². The van der Waals surface area contributed by atoms with Crippen molar-refractivity contribution in [3.05, 3.63) is 46.9 Å². The minimum Gasteiger partial charge on any atom is -0.481 e. The van der Waals surface area contributed by atoms with Crippen molar-refractivity contribution < 1.29 is 28.5 Å². The molecule has 176 valence electrons. The van der Waals surface area contributed by atoms with Gasteiger partial charge in [-0.05, 0) is 17.9 Å². The molecule has 0 saturated heterocycles. The zero-order valence-electron chi connectivity index (χ0n) is 19.4. The van der Waals surface area contributed by atoms with Crippen LogP contribution < -0.4 is 9.47 Å². The highest BCUT2D eigenvalue weighted by molar-refractivity contribution is 9.10. The molecule has 6 nitrogen and oxygen atoms in total. The molecule has 0 aliphatic rings. The zero-order valence-corrected chi connectivity index (χ0v) is 20.9. The van der Waals surface area contributed by atoms with E-state index in [0.717, 1.165) is 26.0 Å². The number of esters is 2. The van der Waals surface area contributed by atoms with Crippen LogP contribution in [0.5, 0.6) is 11.5 Å². The largest absolute Gasteiger partial charge is 0.481 e. The van der Waals surface area contributed by atoms with Gasteiger partial charge in [0.05, 0.1) is 13.2 Å². The molecule has 0 fully saturated rings. The maximum absolute atomic E-state index is 12.2. The molecule has 0 N–H and O–H groups in total. The molecule has 7 heteroatoms. The lowest BCUT2D eigenvalue weighted by molar-refractivity contribution is -0.147. The molecule has 3 aromatic carbocycles. The number of hydrogen-bond acceptors (Lipinski definition) is 6. The molecule has 0 aliphatic carbocycles. The van der Waals surface area contributed by atoms with Crippen LogP contribution in [0.4, 0.5) is 0 Å². The van der Waals surface area contributed by atoms with Crippen LogP contribution in [-0.4, -0.2) is 38.4 Å². The number of fused-ring (bicyclic) bond motifs is 2. The highest BCUT2D eigenvalue weighted by Gasteiger charge is 2.20. The van der Waals surface area contributed by atoms with Gasteiger partial charge in [-0.3, -0.25) is 0 Å². The first kappa shape index (κ1) is 24.8. The lowest BCUT2D eigenvalue weighted by Gasteiger charge is -2.18. The van der Waals surface area contributed by atoms with Gasteiger partial charge in [-0.15, -0.1) is 0 Å². The Hall–Kier alpha value is -2.80. The number of carbonyl (C=O) groups is 2. The molecule has 0 radical (unpaired) electrons. The second-order valence-electron chi connectivity index (χ2n) is 8.60. The van der Waals surface area contributed by atoms with Crippen molar-refractivity contribution in [2.45, 2.75) is 27.7 Å². The summed E-state index contributed by atoms with van der Waals surface area (Å²) in [6.07, 6.45) is 0. The zero-order chi connectivity index (χ0) is 24.0. The van der Waals surface area contributed by atoms with Gasteiger partial charge in [-0.1, -0.05) is 80.0 Å². The first-order valence-electron chi connectivity index (χ1n) is 11.0. The van der Waals surface area contributed by atoms with Crippen molar-refractivity contribution in [1.29, 1.82) is 0 Å². The first-order valence-corrected chi connectivity index (χ1v) is 11.8. The Morgan fingerprint density at radius 1 is 0.727 bits per heavy atom. The number of benzene rings is 3. The highest BCUT2D eigenvalue weighted by Crippen LogP contribution is 2.45. The molecular formula is C26H29BrO6. The average Bonchev–Trinajstić information content (AvgIpc) is 2.78.